The quantitative estimate of drug-likeness (QED) is 0.376. The van der Waals surface area contributed by atoms with Gasteiger partial charge in [0.1, 0.15) is 5.60 Å². The molecular weight excluding hydrogens is 423 g/mol. The van der Waals surface area contributed by atoms with Gasteiger partial charge in [-0.15, -0.1) is 24.0 Å². The van der Waals surface area contributed by atoms with Gasteiger partial charge in [0.2, 0.25) is 0 Å². The molecular formula is C16H33IN4O3. The maximum absolute atomic E-state index is 12.0. The van der Waals surface area contributed by atoms with Gasteiger partial charge in [0.15, 0.2) is 5.96 Å². The molecule has 0 saturated carbocycles. The van der Waals surface area contributed by atoms with Crippen molar-refractivity contribution in [3.05, 3.63) is 0 Å². The molecule has 0 aromatic heterocycles. The van der Waals surface area contributed by atoms with Crippen LogP contribution >= 0.6 is 24.0 Å². The van der Waals surface area contributed by atoms with Crippen LogP contribution in [0.1, 0.15) is 40.5 Å². The normalized spacial score (nSPS) is 17.9. The number of rotatable bonds is 5. The maximum Gasteiger partial charge on any atom is 0.410 e. The zero-order valence-electron chi connectivity index (χ0n) is 15.5. The molecule has 0 spiro atoms. The fourth-order valence-corrected chi connectivity index (χ4v) is 2.44. The first-order valence-corrected chi connectivity index (χ1v) is 8.24. The van der Waals surface area contributed by atoms with Crippen molar-refractivity contribution in [2.75, 3.05) is 33.4 Å². The Hall–Kier alpha value is -0.770. The summed E-state index contributed by atoms with van der Waals surface area (Å²) in [5.74, 6) is 0.899. The van der Waals surface area contributed by atoms with Gasteiger partial charge >= 0.3 is 6.09 Å². The van der Waals surface area contributed by atoms with Crippen LogP contribution in [0.3, 0.4) is 0 Å². The highest BCUT2D eigenvalue weighted by Crippen LogP contribution is 2.19. The van der Waals surface area contributed by atoms with Crippen molar-refractivity contribution < 1.29 is 14.3 Å². The number of nitrogens with two attached hydrogens (primary N) is 1. The summed E-state index contributed by atoms with van der Waals surface area (Å²) in [6.45, 7) is 10.3. The molecule has 0 aromatic carbocycles. The zero-order chi connectivity index (χ0) is 17.5. The van der Waals surface area contributed by atoms with E-state index in [1.807, 2.05) is 27.7 Å². The minimum atomic E-state index is -0.447. The Kier molecular flexibility index (Phi) is 10.6. The Balaban J connectivity index is 0.00000529. The third-order valence-electron chi connectivity index (χ3n) is 3.60. The van der Waals surface area contributed by atoms with E-state index in [-0.39, 0.29) is 36.1 Å². The number of ether oxygens (including phenoxy) is 2. The Morgan fingerprint density at radius 1 is 1.38 bits per heavy atom. The topological polar surface area (TPSA) is 89.2 Å². The molecule has 142 valence electrons. The molecule has 1 rings (SSSR count). The third kappa shape index (κ3) is 9.51. The lowest BCUT2D eigenvalue weighted by Gasteiger charge is -2.33. The van der Waals surface area contributed by atoms with Crippen molar-refractivity contribution in [1.29, 1.82) is 0 Å². The average Bonchev–Trinajstić information content (AvgIpc) is 2.44. The fourth-order valence-electron chi connectivity index (χ4n) is 2.44. The van der Waals surface area contributed by atoms with Gasteiger partial charge in [0, 0.05) is 32.8 Å². The highest BCUT2D eigenvalue weighted by atomic mass is 127. The first-order chi connectivity index (χ1) is 10.7. The number of piperidine rings is 1. The van der Waals surface area contributed by atoms with Crippen LogP contribution in [0.25, 0.3) is 0 Å². The SMILES string of the molecule is COCC(C)NC(N)=NCC1CCN(C(=O)OC(C)(C)C)CC1.I. The van der Waals surface area contributed by atoms with Crippen molar-refractivity contribution in [3.63, 3.8) is 0 Å². The van der Waals surface area contributed by atoms with Crippen LogP contribution in [-0.2, 0) is 9.47 Å². The van der Waals surface area contributed by atoms with Crippen molar-refractivity contribution in [2.24, 2.45) is 16.6 Å². The zero-order valence-corrected chi connectivity index (χ0v) is 17.8. The maximum atomic E-state index is 12.0. The Morgan fingerprint density at radius 2 is 1.96 bits per heavy atom. The number of hydrogen-bond acceptors (Lipinski definition) is 4. The number of aliphatic imine (C=N–C) groups is 1. The van der Waals surface area contributed by atoms with Gasteiger partial charge in [-0.05, 0) is 46.5 Å². The molecule has 1 unspecified atom stereocenters. The van der Waals surface area contributed by atoms with E-state index in [9.17, 15) is 4.79 Å². The van der Waals surface area contributed by atoms with Crippen LogP contribution in [-0.4, -0.2) is 61.9 Å². The molecule has 1 saturated heterocycles. The van der Waals surface area contributed by atoms with Gasteiger partial charge in [-0.25, -0.2) is 4.79 Å². The Morgan fingerprint density at radius 3 is 2.46 bits per heavy atom. The number of methoxy groups -OCH3 is 1. The summed E-state index contributed by atoms with van der Waals surface area (Å²) in [4.78, 5) is 18.2. The molecule has 1 amide bonds. The van der Waals surface area contributed by atoms with Crippen LogP contribution in [0.15, 0.2) is 4.99 Å². The van der Waals surface area contributed by atoms with E-state index < -0.39 is 5.60 Å². The van der Waals surface area contributed by atoms with E-state index in [2.05, 4.69) is 10.3 Å². The van der Waals surface area contributed by atoms with Gasteiger partial charge in [-0.1, -0.05) is 0 Å². The van der Waals surface area contributed by atoms with E-state index in [0.717, 1.165) is 12.8 Å². The molecule has 7 nitrogen and oxygen atoms in total. The molecule has 1 heterocycles. The van der Waals surface area contributed by atoms with Crippen molar-refractivity contribution >= 4 is 36.0 Å². The Labute approximate surface area is 162 Å². The highest BCUT2D eigenvalue weighted by Gasteiger charge is 2.26. The monoisotopic (exact) mass is 456 g/mol. The summed E-state index contributed by atoms with van der Waals surface area (Å²) in [5, 5.41) is 3.09. The standard InChI is InChI=1S/C16H32N4O3.HI/c1-12(11-22-5)19-14(17)18-10-13-6-8-20(9-7-13)15(21)23-16(2,3)4;/h12-13H,6-11H2,1-5H3,(H3,17,18,19);1H. The van der Waals surface area contributed by atoms with Gasteiger partial charge in [-0.3, -0.25) is 4.99 Å². The molecule has 0 aromatic rings. The van der Waals surface area contributed by atoms with Gasteiger partial charge in [-0.2, -0.15) is 0 Å². The molecule has 1 fully saturated rings. The average molecular weight is 456 g/mol. The second kappa shape index (κ2) is 11.0. The number of halogens is 1. The van der Waals surface area contributed by atoms with Crippen LogP contribution in [0.2, 0.25) is 0 Å². The molecule has 1 aliphatic rings. The third-order valence-corrected chi connectivity index (χ3v) is 3.60. The summed E-state index contributed by atoms with van der Waals surface area (Å²) in [5.41, 5.74) is 5.42. The number of likely N-dealkylation sites (tertiary alicyclic amines) is 1. The second-order valence-corrected chi connectivity index (χ2v) is 7.14. The number of guanidine groups is 1. The van der Waals surface area contributed by atoms with E-state index in [4.69, 9.17) is 15.2 Å². The van der Waals surface area contributed by atoms with Crippen LogP contribution in [0.4, 0.5) is 4.79 Å². The number of carbonyl (C=O) groups is 1. The molecule has 0 bridgehead atoms. The number of nitrogens with zero attached hydrogens (tertiary/aromatic N) is 2. The summed E-state index contributed by atoms with van der Waals surface area (Å²) in [6.07, 6.45) is 1.61. The van der Waals surface area contributed by atoms with E-state index in [1.165, 1.54) is 0 Å². The predicted octanol–water partition coefficient (Wildman–Crippen LogP) is 2.19. The first kappa shape index (κ1) is 23.2. The smallest absolute Gasteiger partial charge is 0.410 e. The van der Waals surface area contributed by atoms with Crippen molar-refractivity contribution in [2.45, 2.75) is 52.2 Å². The van der Waals surface area contributed by atoms with Crippen molar-refractivity contribution in [1.82, 2.24) is 10.2 Å². The number of hydrogen-bond donors (Lipinski definition) is 2. The summed E-state index contributed by atoms with van der Waals surface area (Å²) in [6, 6.07) is 0.137. The second-order valence-electron chi connectivity index (χ2n) is 7.14. The van der Waals surface area contributed by atoms with Gasteiger partial charge in [0.05, 0.1) is 6.61 Å². The van der Waals surface area contributed by atoms with Crippen LogP contribution < -0.4 is 11.1 Å². The van der Waals surface area contributed by atoms with E-state index in [1.54, 1.807) is 12.0 Å². The van der Waals surface area contributed by atoms with Gasteiger partial charge in [0.25, 0.3) is 0 Å². The van der Waals surface area contributed by atoms with Crippen LogP contribution in [0.5, 0.6) is 0 Å². The summed E-state index contributed by atoms with van der Waals surface area (Å²) < 4.78 is 10.4. The van der Waals surface area contributed by atoms with E-state index in [0.29, 0.717) is 38.1 Å². The van der Waals surface area contributed by atoms with Crippen molar-refractivity contribution in [3.8, 4) is 0 Å². The predicted molar refractivity (Wildman–Crippen MR) is 107 cm³/mol. The lowest BCUT2D eigenvalue weighted by molar-refractivity contribution is 0.0187. The minimum Gasteiger partial charge on any atom is -0.444 e. The molecule has 1 aliphatic heterocycles. The van der Waals surface area contributed by atoms with E-state index >= 15 is 0 Å². The lowest BCUT2D eigenvalue weighted by atomic mass is 9.97. The highest BCUT2D eigenvalue weighted by molar-refractivity contribution is 14.0. The van der Waals surface area contributed by atoms with Gasteiger partial charge < -0.3 is 25.4 Å². The molecule has 0 radical (unpaired) electrons. The largest absolute Gasteiger partial charge is 0.444 e. The molecule has 24 heavy (non-hydrogen) atoms. The first-order valence-electron chi connectivity index (χ1n) is 8.24. The van der Waals surface area contributed by atoms with Crippen LogP contribution in [0, 0.1) is 5.92 Å². The lowest BCUT2D eigenvalue weighted by Crippen LogP contribution is -2.43. The minimum absolute atomic E-state index is 0. The Bertz CT molecular complexity index is 405. The number of carbonyl (C=O) groups excluding carboxylic acids is 1. The number of amides is 1. The number of nitrogens with one attached hydrogen (secondary N) is 1. The summed E-state index contributed by atoms with van der Waals surface area (Å²) >= 11 is 0. The molecule has 1 atom stereocenters. The molecule has 8 heteroatoms. The summed E-state index contributed by atoms with van der Waals surface area (Å²) in [7, 11) is 1.66. The molecule has 3 N–H and O–H groups in total. The molecule has 0 aliphatic carbocycles. The fraction of sp³-hybridized carbons (Fsp3) is 0.875.